The molecule has 2 aromatic carbocycles. The van der Waals surface area contributed by atoms with Crippen molar-refractivity contribution in [2.45, 2.75) is 31.2 Å². The fourth-order valence-electron chi connectivity index (χ4n) is 3.38. The molecule has 3 atom stereocenters. The molecular weight excluding hydrogens is 342 g/mol. The van der Waals surface area contributed by atoms with Crippen LogP contribution in [0.5, 0.6) is 5.75 Å². The van der Waals surface area contributed by atoms with E-state index >= 15 is 0 Å². The van der Waals surface area contributed by atoms with Gasteiger partial charge in [0.05, 0.1) is 13.2 Å². The SMILES string of the molecule is COc1ccc(CN2CCN[C@@H]([C@@H](O)[C@@H](N)Cc3ccccc3)C2=O)cc1. The van der Waals surface area contributed by atoms with Crippen LogP contribution in [0.4, 0.5) is 0 Å². The number of aliphatic hydroxyl groups excluding tert-OH is 1. The van der Waals surface area contributed by atoms with Crippen LogP contribution in [-0.2, 0) is 17.8 Å². The highest BCUT2D eigenvalue weighted by molar-refractivity contribution is 5.83. The van der Waals surface area contributed by atoms with Gasteiger partial charge in [-0.05, 0) is 29.7 Å². The second-order valence-electron chi connectivity index (χ2n) is 6.88. The highest BCUT2D eigenvalue weighted by Crippen LogP contribution is 2.16. The number of nitrogens with zero attached hydrogens (tertiary/aromatic N) is 1. The van der Waals surface area contributed by atoms with Crippen LogP contribution in [0.1, 0.15) is 11.1 Å². The van der Waals surface area contributed by atoms with E-state index in [2.05, 4.69) is 5.32 Å². The predicted octanol–water partition coefficient (Wildman–Crippen LogP) is 0.927. The van der Waals surface area contributed by atoms with Crippen LogP contribution >= 0.6 is 0 Å². The topological polar surface area (TPSA) is 87.8 Å². The number of benzene rings is 2. The molecular formula is C21H27N3O3. The minimum absolute atomic E-state index is 0.118. The van der Waals surface area contributed by atoms with Crippen molar-refractivity contribution in [3.8, 4) is 5.75 Å². The molecule has 0 radical (unpaired) electrons. The van der Waals surface area contributed by atoms with Crippen molar-refractivity contribution in [1.29, 1.82) is 0 Å². The summed E-state index contributed by atoms with van der Waals surface area (Å²) in [5.74, 6) is 0.665. The van der Waals surface area contributed by atoms with Gasteiger partial charge in [-0.2, -0.15) is 0 Å². The van der Waals surface area contributed by atoms with Gasteiger partial charge in [-0.15, -0.1) is 0 Å². The number of nitrogens with two attached hydrogens (primary N) is 1. The number of carbonyl (C=O) groups is 1. The summed E-state index contributed by atoms with van der Waals surface area (Å²) in [4.78, 5) is 14.6. The van der Waals surface area contributed by atoms with Gasteiger partial charge in [-0.1, -0.05) is 42.5 Å². The molecule has 0 bridgehead atoms. The van der Waals surface area contributed by atoms with Crippen LogP contribution in [0.25, 0.3) is 0 Å². The Morgan fingerprint density at radius 1 is 1.19 bits per heavy atom. The van der Waals surface area contributed by atoms with Crippen LogP contribution in [-0.4, -0.2) is 54.3 Å². The van der Waals surface area contributed by atoms with Gasteiger partial charge in [-0.25, -0.2) is 0 Å². The molecule has 0 saturated carbocycles. The third kappa shape index (κ3) is 4.86. The van der Waals surface area contributed by atoms with E-state index in [9.17, 15) is 9.90 Å². The third-order valence-electron chi connectivity index (χ3n) is 4.95. The molecule has 1 fully saturated rings. The number of rotatable bonds is 7. The molecule has 144 valence electrons. The molecule has 1 aliphatic heterocycles. The Hall–Kier alpha value is -2.41. The zero-order valence-corrected chi connectivity index (χ0v) is 15.5. The molecule has 6 nitrogen and oxygen atoms in total. The molecule has 0 spiro atoms. The van der Waals surface area contributed by atoms with Crippen molar-refractivity contribution in [3.63, 3.8) is 0 Å². The average Bonchev–Trinajstić information content (AvgIpc) is 2.70. The molecule has 1 amide bonds. The highest BCUT2D eigenvalue weighted by atomic mass is 16.5. The van der Waals surface area contributed by atoms with E-state index in [1.165, 1.54) is 0 Å². The zero-order chi connectivity index (χ0) is 19.2. The summed E-state index contributed by atoms with van der Waals surface area (Å²) in [7, 11) is 1.62. The Kier molecular flexibility index (Phi) is 6.45. The van der Waals surface area contributed by atoms with E-state index < -0.39 is 18.2 Å². The Morgan fingerprint density at radius 2 is 1.89 bits per heavy atom. The van der Waals surface area contributed by atoms with Gasteiger partial charge in [0.1, 0.15) is 11.8 Å². The molecule has 6 heteroatoms. The monoisotopic (exact) mass is 369 g/mol. The largest absolute Gasteiger partial charge is 0.497 e. The minimum atomic E-state index is -0.948. The first-order valence-corrected chi connectivity index (χ1v) is 9.21. The summed E-state index contributed by atoms with van der Waals surface area (Å²) in [5, 5.41) is 13.8. The lowest BCUT2D eigenvalue weighted by Crippen LogP contribution is -2.62. The molecule has 27 heavy (non-hydrogen) atoms. The lowest BCUT2D eigenvalue weighted by Gasteiger charge is -2.37. The van der Waals surface area contributed by atoms with Gasteiger partial charge in [-0.3, -0.25) is 4.79 Å². The van der Waals surface area contributed by atoms with Gasteiger partial charge >= 0.3 is 0 Å². The molecule has 4 N–H and O–H groups in total. The summed E-state index contributed by atoms with van der Waals surface area (Å²) >= 11 is 0. The van der Waals surface area contributed by atoms with E-state index in [-0.39, 0.29) is 5.91 Å². The number of methoxy groups -OCH3 is 1. The first-order chi connectivity index (χ1) is 13.1. The maximum atomic E-state index is 12.9. The number of amides is 1. The first kappa shape index (κ1) is 19.4. The van der Waals surface area contributed by atoms with Crippen LogP contribution in [0.3, 0.4) is 0 Å². The molecule has 0 unspecified atom stereocenters. The Bertz CT molecular complexity index is 736. The molecule has 0 aliphatic carbocycles. The molecule has 2 aromatic rings. The van der Waals surface area contributed by atoms with Gasteiger partial charge in [0.15, 0.2) is 0 Å². The maximum absolute atomic E-state index is 12.9. The van der Waals surface area contributed by atoms with Gasteiger partial charge in [0.25, 0.3) is 0 Å². The van der Waals surface area contributed by atoms with Crippen LogP contribution in [0.2, 0.25) is 0 Å². The number of piperazine rings is 1. The van der Waals surface area contributed by atoms with Gasteiger partial charge in [0.2, 0.25) is 5.91 Å². The lowest BCUT2D eigenvalue weighted by atomic mass is 9.95. The number of nitrogens with one attached hydrogen (secondary N) is 1. The van der Waals surface area contributed by atoms with Gasteiger partial charge in [0, 0.05) is 25.7 Å². The van der Waals surface area contributed by atoms with E-state index in [0.29, 0.717) is 26.1 Å². The summed E-state index contributed by atoms with van der Waals surface area (Å²) in [6, 6.07) is 16.2. The van der Waals surface area contributed by atoms with Crippen LogP contribution in [0.15, 0.2) is 54.6 Å². The lowest BCUT2D eigenvalue weighted by molar-refractivity contribution is -0.140. The fraction of sp³-hybridized carbons (Fsp3) is 0.381. The molecule has 1 saturated heterocycles. The second kappa shape index (κ2) is 8.99. The molecule has 3 rings (SSSR count). The summed E-state index contributed by atoms with van der Waals surface area (Å²) in [6.07, 6.45) is -0.428. The first-order valence-electron chi connectivity index (χ1n) is 9.21. The summed E-state index contributed by atoms with van der Waals surface area (Å²) < 4.78 is 5.17. The smallest absolute Gasteiger partial charge is 0.242 e. The highest BCUT2D eigenvalue weighted by Gasteiger charge is 2.36. The van der Waals surface area contributed by atoms with E-state index in [1.54, 1.807) is 12.0 Å². The Balaban J connectivity index is 1.62. The Morgan fingerprint density at radius 3 is 2.56 bits per heavy atom. The summed E-state index contributed by atoms with van der Waals surface area (Å²) in [5.41, 5.74) is 8.26. The number of hydrogen-bond donors (Lipinski definition) is 3. The van der Waals surface area contributed by atoms with E-state index in [0.717, 1.165) is 16.9 Å². The summed E-state index contributed by atoms with van der Waals surface area (Å²) in [6.45, 7) is 1.73. The standard InChI is InChI=1S/C21H27N3O3/c1-27-17-9-7-16(8-10-17)14-24-12-11-23-19(21(24)26)20(25)18(22)13-15-5-3-2-4-6-15/h2-10,18-20,23,25H,11-14,22H2,1H3/t18-,19-,20-/m0/s1. The predicted molar refractivity (Wildman–Crippen MR) is 104 cm³/mol. The average molecular weight is 369 g/mol. The number of carbonyl (C=O) groups excluding carboxylic acids is 1. The zero-order valence-electron chi connectivity index (χ0n) is 15.5. The number of aliphatic hydroxyl groups is 1. The quantitative estimate of drug-likeness (QED) is 0.676. The fourth-order valence-corrected chi connectivity index (χ4v) is 3.38. The Labute approximate surface area is 159 Å². The molecule has 1 aliphatic rings. The van der Waals surface area contributed by atoms with Crippen molar-refractivity contribution in [2.75, 3.05) is 20.2 Å². The number of ether oxygens (including phenoxy) is 1. The maximum Gasteiger partial charge on any atom is 0.242 e. The second-order valence-corrected chi connectivity index (χ2v) is 6.88. The van der Waals surface area contributed by atoms with E-state index in [4.69, 9.17) is 10.5 Å². The van der Waals surface area contributed by atoms with E-state index in [1.807, 2.05) is 54.6 Å². The third-order valence-corrected chi connectivity index (χ3v) is 4.95. The normalized spacial score (nSPS) is 19.6. The van der Waals surface area contributed by atoms with Crippen molar-refractivity contribution < 1.29 is 14.6 Å². The van der Waals surface area contributed by atoms with Crippen molar-refractivity contribution in [1.82, 2.24) is 10.2 Å². The number of hydrogen-bond acceptors (Lipinski definition) is 5. The van der Waals surface area contributed by atoms with Crippen molar-refractivity contribution >= 4 is 5.91 Å². The van der Waals surface area contributed by atoms with Crippen LogP contribution in [0, 0.1) is 0 Å². The molecule has 1 heterocycles. The van der Waals surface area contributed by atoms with Crippen molar-refractivity contribution in [3.05, 3.63) is 65.7 Å². The van der Waals surface area contributed by atoms with Crippen molar-refractivity contribution in [2.24, 2.45) is 5.73 Å². The van der Waals surface area contributed by atoms with Crippen LogP contribution < -0.4 is 15.8 Å². The van der Waals surface area contributed by atoms with Gasteiger partial charge < -0.3 is 25.8 Å². The molecule has 0 aromatic heterocycles. The minimum Gasteiger partial charge on any atom is -0.497 e.